The standard InChI is InChI=1S/C8H14F3NO/c9-8(10,11)3-5-13-6-7-2-1-4-12-7/h7,12H,1-6H2/t7-/m1/s1. The SMILES string of the molecule is FC(F)(F)CCOC[C@H]1CCCN1. The van der Waals surface area contributed by atoms with Gasteiger partial charge in [-0.3, -0.25) is 0 Å². The zero-order valence-corrected chi connectivity index (χ0v) is 7.36. The fourth-order valence-electron chi connectivity index (χ4n) is 1.31. The van der Waals surface area contributed by atoms with Crippen LogP contribution in [0.3, 0.4) is 0 Å². The number of hydrogen-bond acceptors (Lipinski definition) is 2. The molecule has 1 saturated heterocycles. The zero-order chi connectivity index (χ0) is 9.73. The van der Waals surface area contributed by atoms with Crippen molar-refractivity contribution in [2.24, 2.45) is 0 Å². The molecule has 1 atom stereocenters. The van der Waals surface area contributed by atoms with Gasteiger partial charge in [0, 0.05) is 6.04 Å². The van der Waals surface area contributed by atoms with Crippen molar-refractivity contribution in [2.45, 2.75) is 31.5 Å². The van der Waals surface area contributed by atoms with Crippen LogP contribution < -0.4 is 5.32 Å². The Morgan fingerprint density at radius 2 is 2.15 bits per heavy atom. The van der Waals surface area contributed by atoms with E-state index in [1.807, 2.05) is 0 Å². The fourth-order valence-corrected chi connectivity index (χ4v) is 1.31. The summed E-state index contributed by atoms with van der Waals surface area (Å²) in [5, 5.41) is 3.15. The lowest BCUT2D eigenvalue weighted by Gasteiger charge is -2.11. The molecule has 1 aliphatic rings. The summed E-state index contributed by atoms with van der Waals surface area (Å²) in [6.45, 7) is 1.13. The molecule has 0 saturated carbocycles. The monoisotopic (exact) mass is 197 g/mol. The molecule has 13 heavy (non-hydrogen) atoms. The minimum Gasteiger partial charge on any atom is -0.379 e. The van der Waals surface area contributed by atoms with E-state index in [0.29, 0.717) is 6.61 Å². The molecule has 1 N–H and O–H groups in total. The molecular formula is C8H14F3NO. The fraction of sp³-hybridized carbons (Fsp3) is 1.00. The third kappa shape index (κ3) is 5.10. The molecule has 0 unspecified atom stereocenters. The molecule has 1 rings (SSSR count). The molecule has 0 radical (unpaired) electrons. The largest absolute Gasteiger partial charge is 0.391 e. The molecule has 1 heterocycles. The molecule has 1 aliphatic heterocycles. The van der Waals surface area contributed by atoms with E-state index in [4.69, 9.17) is 4.74 Å². The third-order valence-electron chi connectivity index (χ3n) is 2.01. The number of ether oxygens (including phenoxy) is 1. The number of halogens is 3. The first-order valence-electron chi connectivity index (χ1n) is 4.46. The summed E-state index contributed by atoms with van der Waals surface area (Å²) in [6, 6.07) is 0.258. The van der Waals surface area contributed by atoms with Gasteiger partial charge in [-0.2, -0.15) is 13.2 Å². The highest BCUT2D eigenvalue weighted by molar-refractivity contribution is 4.73. The number of nitrogens with one attached hydrogen (secondary N) is 1. The van der Waals surface area contributed by atoms with E-state index in [0.717, 1.165) is 19.4 Å². The van der Waals surface area contributed by atoms with Crippen molar-refractivity contribution >= 4 is 0 Å². The van der Waals surface area contributed by atoms with Crippen molar-refractivity contribution in [3.05, 3.63) is 0 Å². The first-order valence-corrected chi connectivity index (χ1v) is 4.46. The van der Waals surface area contributed by atoms with Crippen molar-refractivity contribution < 1.29 is 17.9 Å². The van der Waals surface area contributed by atoms with Gasteiger partial charge in [0.2, 0.25) is 0 Å². The van der Waals surface area contributed by atoms with Gasteiger partial charge < -0.3 is 10.1 Å². The van der Waals surface area contributed by atoms with Gasteiger partial charge in [0.05, 0.1) is 19.6 Å². The van der Waals surface area contributed by atoms with Crippen LogP contribution in [0.25, 0.3) is 0 Å². The maximum absolute atomic E-state index is 11.7. The Labute approximate surface area is 75.4 Å². The Morgan fingerprint density at radius 3 is 2.69 bits per heavy atom. The molecule has 0 aliphatic carbocycles. The van der Waals surface area contributed by atoms with Crippen LogP contribution in [-0.2, 0) is 4.74 Å². The molecule has 0 bridgehead atoms. The maximum atomic E-state index is 11.7. The number of alkyl halides is 3. The second-order valence-corrected chi connectivity index (χ2v) is 3.23. The highest BCUT2D eigenvalue weighted by Crippen LogP contribution is 2.19. The van der Waals surface area contributed by atoms with Crippen molar-refractivity contribution in [3.63, 3.8) is 0 Å². The normalized spacial score (nSPS) is 23.8. The minimum atomic E-state index is -4.09. The first-order chi connectivity index (χ1) is 6.08. The van der Waals surface area contributed by atoms with E-state index in [1.165, 1.54) is 0 Å². The molecular weight excluding hydrogens is 183 g/mol. The van der Waals surface area contributed by atoms with Gasteiger partial charge in [-0.1, -0.05) is 0 Å². The lowest BCUT2D eigenvalue weighted by atomic mass is 10.2. The van der Waals surface area contributed by atoms with Gasteiger partial charge in [0.1, 0.15) is 0 Å². The van der Waals surface area contributed by atoms with Gasteiger partial charge >= 0.3 is 6.18 Å². The van der Waals surface area contributed by atoms with Crippen LogP contribution in [0.5, 0.6) is 0 Å². The van der Waals surface area contributed by atoms with Crippen molar-refractivity contribution in [1.82, 2.24) is 5.32 Å². The van der Waals surface area contributed by atoms with Gasteiger partial charge in [-0.15, -0.1) is 0 Å². The molecule has 0 aromatic heterocycles. The Bertz CT molecular complexity index is 143. The molecule has 0 spiro atoms. The van der Waals surface area contributed by atoms with E-state index in [2.05, 4.69) is 5.32 Å². The summed E-state index contributed by atoms with van der Waals surface area (Å²) in [5.41, 5.74) is 0. The van der Waals surface area contributed by atoms with Crippen molar-refractivity contribution in [2.75, 3.05) is 19.8 Å². The third-order valence-corrected chi connectivity index (χ3v) is 2.01. The number of hydrogen-bond donors (Lipinski definition) is 1. The molecule has 0 aromatic rings. The van der Waals surface area contributed by atoms with Crippen LogP contribution in [0.4, 0.5) is 13.2 Å². The maximum Gasteiger partial charge on any atom is 0.391 e. The van der Waals surface area contributed by atoms with Crippen LogP contribution in [0.15, 0.2) is 0 Å². The smallest absolute Gasteiger partial charge is 0.379 e. The lowest BCUT2D eigenvalue weighted by molar-refractivity contribution is -0.145. The van der Waals surface area contributed by atoms with Crippen LogP contribution in [0.2, 0.25) is 0 Å². The average molecular weight is 197 g/mol. The number of rotatable bonds is 4. The van der Waals surface area contributed by atoms with E-state index in [1.54, 1.807) is 0 Å². The van der Waals surface area contributed by atoms with Crippen LogP contribution in [-0.4, -0.2) is 32.0 Å². The molecule has 78 valence electrons. The van der Waals surface area contributed by atoms with Crippen LogP contribution in [0.1, 0.15) is 19.3 Å². The van der Waals surface area contributed by atoms with Gasteiger partial charge in [-0.05, 0) is 19.4 Å². The summed E-state index contributed by atoms with van der Waals surface area (Å²) in [5.74, 6) is 0. The molecule has 0 aromatic carbocycles. The summed E-state index contributed by atoms with van der Waals surface area (Å²) < 4.78 is 39.9. The lowest BCUT2D eigenvalue weighted by Crippen LogP contribution is -2.27. The van der Waals surface area contributed by atoms with Gasteiger partial charge in [0.25, 0.3) is 0 Å². The van der Waals surface area contributed by atoms with E-state index >= 15 is 0 Å². The second kappa shape index (κ2) is 4.81. The predicted molar refractivity (Wildman–Crippen MR) is 42.5 cm³/mol. The van der Waals surface area contributed by atoms with Crippen molar-refractivity contribution in [3.8, 4) is 0 Å². The molecule has 5 heteroatoms. The predicted octanol–water partition coefficient (Wildman–Crippen LogP) is 1.71. The quantitative estimate of drug-likeness (QED) is 0.693. The second-order valence-electron chi connectivity index (χ2n) is 3.23. The Hall–Kier alpha value is -0.290. The van der Waals surface area contributed by atoms with E-state index < -0.39 is 12.6 Å². The minimum absolute atomic E-state index is 0.221. The Kier molecular flexibility index (Phi) is 3.99. The molecule has 1 fully saturated rings. The van der Waals surface area contributed by atoms with Crippen LogP contribution in [0, 0.1) is 0 Å². The highest BCUT2D eigenvalue weighted by Gasteiger charge is 2.26. The summed E-state index contributed by atoms with van der Waals surface area (Å²) in [4.78, 5) is 0. The Balaban J connectivity index is 1.94. The highest BCUT2D eigenvalue weighted by atomic mass is 19.4. The first kappa shape index (κ1) is 10.8. The summed E-state index contributed by atoms with van der Waals surface area (Å²) >= 11 is 0. The zero-order valence-electron chi connectivity index (χ0n) is 7.36. The summed E-state index contributed by atoms with van der Waals surface area (Å²) in [6.07, 6.45) is -2.85. The van der Waals surface area contributed by atoms with Gasteiger partial charge in [0.15, 0.2) is 0 Å². The molecule has 0 amide bonds. The Morgan fingerprint density at radius 1 is 1.38 bits per heavy atom. The molecule has 2 nitrogen and oxygen atoms in total. The van der Waals surface area contributed by atoms with Crippen molar-refractivity contribution in [1.29, 1.82) is 0 Å². The van der Waals surface area contributed by atoms with Gasteiger partial charge in [-0.25, -0.2) is 0 Å². The summed E-state index contributed by atoms with van der Waals surface area (Å²) in [7, 11) is 0. The van der Waals surface area contributed by atoms with Crippen LogP contribution >= 0.6 is 0 Å². The topological polar surface area (TPSA) is 21.3 Å². The van der Waals surface area contributed by atoms with E-state index in [9.17, 15) is 13.2 Å². The van der Waals surface area contributed by atoms with E-state index in [-0.39, 0.29) is 12.6 Å². The average Bonchev–Trinajstić information content (AvgIpc) is 2.48.